The molecule has 1 aromatic heterocycles. The number of hydrogen-bond acceptors (Lipinski definition) is 3. The average Bonchev–Trinajstić information content (AvgIpc) is 3.12. The molecule has 0 saturated carbocycles. The molecule has 0 unspecified atom stereocenters. The summed E-state index contributed by atoms with van der Waals surface area (Å²) in [6, 6.07) is 18.5. The second-order valence-electron chi connectivity index (χ2n) is 4.99. The molecule has 0 saturated heterocycles. The fourth-order valence-electron chi connectivity index (χ4n) is 2.04. The molecule has 1 heterocycles. The van der Waals surface area contributed by atoms with E-state index in [1.54, 1.807) is 23.5 Å². The van der Waals surface area contributed by atoms with Crippen molar-refractivity contribution in [3.05, 3.63) is 81.5 Å². The van der Waals surface area contributed by atoms with E-state index in [0.717, 1.165) is 21.8 Å². The van der Waals surface area contributed by atoms with E-state index in [1.807, 2.05) is 53.9 Å². The first-order valence-electron chi connectivity index (χ1n) is 7.20. The number of nitrogens with zero attached hydrogens (tertiary/aromatic N) is 2. The van der Waals surface area contributed by atoms with Crippen LogP contribution in [0.5, 0.6) is 0 Å². The number of halogens is 1. The number of amidine groups is 2. The first-order chi connectivity index (χ1) is 11.6. The highest BCUT2D eigenvalue weighted by molar-refractivity contribution is 7.12. The molecule has 24 heavy (non-hydrogen) atoms. The second-order valence-corrected chi connectivity index (χ2v) is 6.38. The summed E-state index contributed by atoms with van der Waals surface area (Å²) in [7, 11) is 0. The van der Waals surface area contributed by atoms with Gasteiger partial charge in [-0.05, 0) is 60.0 Å². The molecule has 4 N–H and O–H groups in total. The quantitative estimate of drug-likeness (QED) is 0.535. The Bertz CT molecular complexity index is 866. The molecule has 0 spiro atoms. The van der Waals surface area contributed by atoms with Gasteiger partial charge in [0.1, 0.15) is 11.7 Å². The van der Waals surface area contributed by atoms with E-state index < -0.39 is 0 Å². The number of nitrogens with two attached hydrogens (primary N) is 2. The molecule has 120 valence electrons. The van der Waals surface area contributed by atoms with E-state index in [0.29, 0.717) is 16.7 Å². The van der Waals surface area contributed by atoms with Crippen LogP contribution in [0.15, 0.2) is 76.0 Å². The van der Waals surface area contributed by atoms with Crippen LogP contribution in [0.2, 0.25) is 5.02 Å². The Kier molecular flexibility index (Phi) is 4.93. The van der Waals surface area contributed by atoms with Gasteiger partial charge in [-0.2, -0.15) is 0 Å². The number of rotatable bonds is 4. The van der Waals surface area contributed by atoms with Crippen molar-refractivity contribution in [1.82, 2.24) is 0 Å². The number of hydrogen-bond donors (Lipinski definition) is 2. The Morgan fingerprint density at radius 3 is 1.92 bits per heavy atom. The molecule has 0 atom stereocenters. The number of aliphatic imine (C=N–C) groups is 2. The van der Waals surface area contributed by atoms with Crippen molar-refractivity contribution in [3.8, 4) is 0 Å². The van der Waals surface area contributed by atoms with Crippen molar-refractivity contribution in [2.45, 2.75) is 0 Å². The van der Waals surface area contributed by atoms with Crippen LogP contribution in [0, 0.1) is 0 Å². The van der Waals surface area contributed by atoms with Gasteiger partial charge in [0.25, 0.3) is 0 Å². The van der Waals surface area contributed by atoms with Gasteiger partial charge < -0.3 is 11.5 Å². The van der Waals surface area contributed by atoms with E-state index in [-0.39, 0.29) is 0 Å². The lowest BCUT2D eigenvalue weighted by molar-refractivity contribution is 1.42. The zero-order valence-corrected chi connectivity index (χ0v) is 14.3. The van der Waals surface area contributed by atoms with Crippen LogP contribution in [-0.4, -0.2) is 11.7 Å². The number of benzene rings is 2. The Morgan fingerprint density at radius 1 is 0.792 bits per heavy atom. The van der Waals surface area contributed by atoms with Crippen molar-refractivity contribution in [1.29, 1.82) is 0 Å². The SMILES string of the molecule is NC(=Nc1ccc(N=C(N)c2cccs2)cc1)c1ccc(Cl)cc1. The normalized spacial score (nSPS) is 12.4. The molecule has 0 radical (unpaired) electrons. The predicted octanol–water partition coefficient (Wildman–Crippen LogP) is 4.48. The molecule has 0 aliphatic carbocycles. The monoisotopic (exact) mass is 354 g/mol. The van der Waals surface area contributed by atoms with Crippen LogP contribution in [0.4, 0.5) is 11.4 Å². The summed E-state index contributed by atoms with van der Waals surface area (Å²) in [5.41, 5.74) is 14.3. The zero-order valence-electron chi connectivity index (χ0n) is 12.7. The fourth-order valence-corrected chi connectivity index (χ4v) is 2.80. The molecular formula is C18H15ClN4S. The number of thiophene rings is 1. The van der Waals surface area contributed by atoms with Gasteiger partial charge in [-0.1, -0.05) is 17.7 Å². The predicted molar refractivity (Wildman–Crippen MR) is 103 cm³/mol. The molecule has 3 rings (SSSR count). The van der Waals surface area contributed by atoms with Gasteiger partial charge in [-0.3, -0.25) is 0 Å². The van der Waals surface area contributed by atoms with Crippen molar-refractivity contribution in [2.75, 3.05) is 0 Å². The summed E-state index contributed by atoms with van der Waals surface area (Å²) < 4.78 is 0. The molecule has 0 amide bonds. The van der Waals surface area contributed by atoms with Crippen LogP contribution in [0.25, 0.3) is 0 Å². The van der Waals surface area contributed by atoms with Crippen LogP contribution in [0.3, 0.4) is 0 Å². The van der Waals surface area contributed by atoms with Crippen LogP contribution in [-0.2, 0) is 0 Å². The highest BCUT2D eigenvalue weighted by Gasteiger charge is 2.01. The van der Waals surface area contributed by atoms with E-state index in [2.05, 4.69) is 9.98 Å². The minimum Gasteiger partial charge on any atom is -0.383 e. The van der Waals surface area contributed by atoms with Crippen molar-refractivity contribution in [3.63, 3.8) is 0 Å². The highest BCUT2D eigenvalue weighted by atomic mass is 35.5. The van der Waals surface area contributed by atoms with Gasteiger partial charge in [-0.15, -0.1) is 11.3 Å². The minimum atomic E-state index is 0.431. The highest BCUT2D eigenvalue weighted by Crippen LogP contribution is 2.21. The van der Waals surface area contributed by atoms with Gasteiger partial charge in [0.2, 0.25) is 0 Å². The summed E-state index contributed by atoms with van der Waals surface area (Å²) >= 11 is 7.43. The van der Waals surface area contributed by atoms with Gasteiger partial charge in [0, 0.05) is 10.6 Å². The molecule has 4 nitrogen and oxygen atoms in total. The van der Waals surface area contributed by atoms with E-state index in [1.165, 1.54) is 0 Å². The van der Waals surface area contributed by atoms with Crippen LogP contribution in [0.1, 0.15) is 10.4 Å². The fraction of sp³-hybridized carbons (Fsp3) is 0. The molecule has 6 heteroatoms. The van der Waals surface area contributed by atoms with Gasteiger partial charge in [0.05, 0.1) is 16.3 Å². The Balaban J connectivity index is 1.78. The molecule has 0 aliphatic heterocycles. The van der Waals surface area contributed by atoms with Crippen molar-refractivity contribution >= 4 is 46.0 Å². The third-order valence-electron chi connectivity index (χ3n) is 3.26. The average molecular weight is 355 g/mol. The van der Waals surface area contributed by atoms with Gasteiger partial charge >= 0.3 is 0 Å². The summed E-state index contributed by atoms with van der Waals surface area (Å²) in [5.74, 6) is 0.933. The van der Waals surface area contributed by atoms with E-state index in [9.17, 15) is 0 Å². The molecule has 0 aliphatic rings. The Hall–Kier alpha value is -2.63. The third-order valence-corrected chi connectivity index (χ3v) is 4.41. The first kappa shape index (κ1) is 16.2. The van der Waals surface area contributed by atoms with Gasteiger partial charge in [0.15, 0.2) is 0 Å². The Morgan fingerprint density at radius 2 is 1.38 bits per heavy atom. The smallest absolute Gasteiger partial charge is 0.141 e. The molecule has 2 aromatic carbocycles. The largest absolute Gasteiger partial charge is 0.383 e. The standard InChI is InChI=1S/C18H15ClN4S/c19-13-5-3-12(4-6-13)17(20)22-14-7-9-15(10-8-14)23-18(21)16-2-1-11-24-16/h1-11H,(H2,20,22)(H2,21,23). The second kappa shape index (κ2) is 7.29. The lowest BCUT2D eigenvalue weighted by Gasteiger charge is -2.02. The summed E-state index contributed by atoms with van der Waals surface area (Å²) in [6.45, 7) is 0. The Labute approximate surface area is 149 Å². The topological polar surface area (TPSA) is 76.8 Å². The first-order valence-corrected chi connectivity index (χ1v) is 8.46. The summed E-state index contributed by atoms with van der Waals surface area (Å²) in [6.07, 6.45) is 0. The van der Waals surface area contributed by atoms with Crippen LogP contribution < -0.4 is 11.5 Å². The molecule has 0 bridgehead atoms. The lowest BCUT2D eigenvalue weighted by atomic mass is 10.2. The maximum atomic E-state index is 6.02. The van der Waals surface area contributed by atoms with E-state index in [4.69, 9.17) is 23.1 Å². The molecular weight excluding hydrogens is 340 g/mol. The van der Waals surface area contributed by atoms with E-state index >= 15 is 0 Å². The summed E-state index contributed by atoms with van der Waals surface area (Å²) in [5, 5.41) is 2.63. The maximum absolute atomic E-state index is 6.02. The maximum Gasteiger partial charge on any atom is 0.141 e. The van der Waals surface area contributed by atoms with Crippen molar-refractivity contribution in [2.24, 2.45) is 21.5 Å². The van der Waals surface area contributed by atoms with Crippen LogP contribution >= 0.6 is 22.9 Å². The van der Waals surface area contributed by atoms with Gasteiger partial charge in [-0.25, -0.2) is 9.98 Å². The zero-order chi connectivity index (χ0) is 16.9. The van der Waals surface area contributed by atoms with Crippen molar-refractivity contribution < 1.29 is 0 Å². The minimum absolute atomic E-state index is 0.431. The summed E-state index contributed by atoms with van der Waals surface area (Å²) in [4.78, 5) is 9.75. The molecule has 0 fully saturated rings. The third kappa shape index (κ3) is 4.01. The lowest BCUT2D eigenvalue weighted by Crippen LogP contribution is -2.12. The molecule has 3 aromatic rings.